The third-order valence-corrected chi connectivity index (χ3v) is 7.73. The molecule has 2 heterocycles. The van der Waals surface area contributed by atoms with Crippen LogP contribution in [0.25, 0.3) is 10.2 Å². The first kappa shape index (κ1) is 24.1. The van der Waals surface area contributed by atoms with Crippen molar-refractivity contribution in [1.82, 2.24) is 9.66 Å². The van der Waals surface area contributed by atoms with Crippen LogP contribution in [-0.2, 0) is 21.8 Å². The van der Waals surface area contributed by atoms with Gasteiger partial charge < -0.3 is 5.73 Å². The lowest BCUT2D eigenvalue weighted by molar-refractivity contribution is -0.116. The van der Waals surface area contributed by atoms with E-state index in [9.17, 15) is 14.4 Å². The van der Waals surface area contributed by atoms with E-state index in [1.54, 1.807) is 0 Å². The zero-order chi connectivity index (χ0) is 23.9. The lowest BCUT2D eigenvalue weighted by atomic mass is 10.1. The van der Waals surface area contributed by atoms with Gasteiger partial charge in [-0.3, -0.25) is 19.8 Å². The number of nitrogens with zero attached hydrogens (tertiary/aromatic N) is 2. The van der Waals surface area contributed by atoms with Crippen LogP contribution in [0.1, 0.15) is 16.0 Å². The number of rotatable bonds is 10. The van der Waals surface area contributed by atoms with Gasteiger partial charge in [-0.2, -0.15) is 4.68 Å². The molecule has 0 spiro atoms. The summed E-state index contributed by atoms with van der Waals surface area (Å²) in [4.78, 5) is 43.3. The summed E-state index contributed by atoms with van der Waals surface area (Å²) in [5.41, 5.74) is 9.80. The first-order valence-corrected chi connectivity index (χ1v) is 13.4. The lowest BCUT2D eigenvalue weighted by Crippen LogP contribution is -2.36. The van der Waals surface area contributed by atoms with E-state index in [0.717, 1.165) is 32.4 Å². The monoisotopic (exact) mass is 510 g/mol. The third-order valence-electron chi connectivity index (χ3n) is 4.73. The van der Waals surface area contributed by atoms with Crippen molar-refractivity contribution in [3.63, 3.8) is 0 Å². The zero-order valence-electron chi connectivity index (χ0n) is 18.1. The van der Waals surface area contributed by atoms with Crippen molar-refractivity contribution in [2.45, 2.75) is 17.3 Å². The van der Waals surface area contributed by atoms with Gasteiger partial charge in [0, 0.05) is 17.1 Å². The maximum atomic E-state index is 13.3. The molecule has 0 fully saturated rings. The van der Waals surface area contributed by atoms with E-state index in [0.29, 0.717) is 22.4 Å². The minimum Gasteiger partial charge on any atom is -0.369 e. The Balaban J connectivity index is 1.55. The Bertz CT molecular complexity index is 1350. The molecule has 7 nitrogen and oxygen atoms in total. The minimum absolute atomic E-state index is 0.0567. The number of aromatic nitrogens is 2. The van der Waals surface area contributed by atoms with Gasteiger partial charge in [-0.15, -0.1) is 23.1 Å². The first-order chi connectivity index (χ1) is 16.5. The van der Waals surface area contributed by atoms with Crippen LogP contribution in [-0.4, -0.2) is 33.0 Å². The number of primary amides is 1. The molecule has 0 saturated carbocycles. The number of nitrogens with one attached hydrogen (secondary N) is 1. The predicted octanol–water partition coefficient (Wildman–Crippen LogP) is 3.63. The average Bonchev–Trinajstić information content (AvgIpc) is 3.23. The van der Waals surface area contributed by atoms with E-state index in [4.69, 9.17) is 5.73 Å². The number of nitrogens with two attached hydrogens (primary N) is 1. The topological polar surface area (TPSA) is 107 Å². The molecule has 0 aliphatic rings. The van der Waals surface area contributed by atoms with Gasteiger partial charge in [0.05, 0.1) is 16.9 Å². The second kappa shape index (κ2) is 11.4. The normalized spacial score (nSPS) is 10.9. The Morgan fingerprint density at radius 2 is 1.68 bits per heavy atom. The SMILES string of the molecule is NC(=O)CSc1nc2sc(Cc3ccccc3)cc2c(=O)n1NC(=O)CSCc1ccccc1. The summed E-state index contributed by atoms with van der Waals surface area (Å²) in [7, 11) is 0. The van der Waals surface area contributed by atoms with Crippen molar-refractivity contribution in [2.75, 3.05) is 16.9 Å². The summed E-state index contributed by atoms with van der Waals surface area (Å²) in [6.07, 6.45) is 0.674. The predicted molar refractivity (Wildman–Crippen MR) is 140 cm³/mol. The van der Waals surface area contributed by atoms with Crippen LogP contribution < -0.4 is 16.7 Å². The number of fused-ring (bicyclic) bond motifs is 1. The minimum atomic E-state index is -0.536. The van der Waals surface area contributed by atoms with Crippen LogP contribution in [0.3, 0.4) is 0 Å². The molecule has 174 valence electrons. The van der Waals surface area contributed by atoms with Crippen LogP contribution in [0.15, 0.2) is 76.7 Å². The van der Waals surface area contributed by atoms with Gasteiger partial charge in [0.2, 0.25) is 11.8 Å². The second-order valence-electron chi connectivity index (χ2n) is 7.40. The highest BCUT2D eigenvalue weighted by atomic mass is 32.2. The summed E-state index contributed by atoms with van der Waals surface area (Å²) in [5.74, 6) is -0.0746. The van der Waals surface area contributed by atoms with Crippen LogP contribution in [0.4, 0.5) is 0 Å². The fraction of sp³-hybridized carbons (Fsp3) is 0.167. The highest BCUT2D eigenvalue weighted by Crippen LogP contribution is 2.26. The Hall–Kier alpha value is -3.08. The zero-order valence-corrected chi connectivity index (χ0v) is 20.6. The van der Waals surface area contributed by atoms with E-state index in [-0.39, 0.29) is 28.1 Å². The molecule has 4 rings (SSSR count). The van der Waals surface area contributed by atoms with E-state index in [1.165, 1.54) is 23.1 Å². The van der Waals surface area contributed by atoms with E-state index in [2.05, 4.69) is 10.4 Å². The molecule has 10 heteroatoms. The number of carbonyl (C=O) groups is 2. The average molecular weight is 511 g/mol. The Kier molecular flexibility index (Phi) is 8.04. The molecule has 34 heavy (non-hydrogen) atoms. The molecule has 0 radical (unpaired) electrons. The third kappa shape index (κ3) is 6.28. The van der Waals surface area contributed by atoms with E-state index >= 15 is 0 Å². The van der Waals surface area contributed by atoms with Gasteiger partial charge in [-0.1, -0.05) is 72.4 Å². The maximum absolute atomic E-state index is 13.3. The molecule has 0 atom stereocenters. The first-order valence-electron chi connectivity index (χ1n) is 10.4. The largest absolute Gasteiger partial charge is 0.369 e. The van der Waals surface area contributed by atoms with Gasteiger partial charge in [0.1, 0.15) is 4.83 Å². The van der Waals surface area contributed by atoms with Crippen molar-refractivity contribution >= 4 is 56.9 Å². The molecule has 4 aromatic rings. The maximum Gasteiger partial charge on any atom is 0.281 e. The summed E-state index contributed by atoms with van der Waals surface area (Å²) in [5, 5.41) is 0.655. The number of thioether (sulfide) groups is 2. The molecule has 0 aliphatic heterocycles. The molecule has 0 unspecified atom stereocenters. The smallest absolute Gasteiger partial charge is 0.281 e. The molecule has 3 N–H and O–H groups in total. The van der Waals surface area contributed by atoms with E-state index < -0.39 is 5.91 Å². The highest BCUT2D eigenvalue weighted by Gasteiger charge is 2.17. The van der Waals surface area contributed by atoms with E-state index in [1.807, 2.05) is 66.7 Å². The molecule has 2 aromatic heterocycles. The molecule has 0 saturated heterocycles. The summed E-state index contributed by atoms with van der Waals surface area (Å²) < 4.78 is 1.13. The Labute approximate surface area is 208 Å². The number of thiophene rings is 1. The fourth-order valence-electron chi connectivity index (χ4n) is 3.22. The molecule has 0 aliphatic carbocycles. The van der Waals surface area contributed by atoms with Crippen molar-refractivity contribution in [1.29, 1.82) is 0 Å². The number of benzene rings is 2. The number of hydrogen-bond acceptors (Lipinski definition) is 7. The second-order valence-corrected chi connectivity index (χ2v) is 10.4. The van der Waals surface area contributed by atoms with Crippen LogP contribution in [0.2, 0.25) is 0 Å². The van der Waals surface area contributed by atoms with Crippen LogP contribution in [0, 0.1) is 0 Å². The van der Waals surface area contributed by atoms with Crippen molar-refractivity contribution in [3.05, 3.63) is 93.1 Å². The number of carbonyl (C=O) groups excluding carboxylic acids is 2. The van der Waals surface area contributed by atoms with Gasteiger partial charge in [0.15, 0.2) is 5.16 Å². The molecule has 2 aromatic carbocycles. The van der Waals surface area contributed by atoms with Gasteiger partial charge >= 0.3 is 0 Å². The van der Waals surface area contributed by atoms with Gasteiger partial charge in [-0.25, -0.2) is 4.98 Å². The highest BCUT2D eigenvalue weighted by molar-refractivity contribution is 7.99. The molecule has 2 amide bonds. The summed E-state index contributed by atoms with van der Waals surface area (Å²) >= 11 is 3.89. The standard InChI is InChI=1S/C24H22N4O3S3/c25-20(29)14-33-24-26-22-19(12-18(34-22)11-16-7-3-1-4-8-16)23(31)28(24)27-21(30)15-32-13-17-9-5-2-6-10-17/h1-10,12H,11,13-15H2,(H2,25,29)(H,27,30). The van der Waals surface area contributed by atoms with Crippen molar-refractivity contribution in [2.24, 2.45) is 5.73 Å². The van der Waals surface area contributed by atoms with Crippen LogP contribution >= 0.6 is 34.9 Å². The molecular formula is C24H22N4O3S3. The number of hydrogen-bond donors (Lipinski definition) is 2. The lowest BCUT2D eigenvalue weighted by Gasteiger charge is -2.12. The Morgan fingerprint density at radius 1 is 1.00 bits per heavy atom. The van der Waals surface area contributed by atoms with Gasteiger partial charge in [0.25, 0.3) is 5.56 Å². The fourth-order valence-corrected chi connectivity index (χ4v) is 5.79. The Morgan fingerprint density at radius 3 is 2.35 bits per heavy atom. The quantitative estimate of drug-likeness (QED) is 0.249. The summed E-state index contributed by atoms with van der Waals surface area (Å²) in [6, 6.07) is 21.6. The van der Waals surface area contributed by atoms with Crippen LogP contribution in [0.5, 0.6) is 0 Å². The molecule has 0 bridgehead atoms. The van der Waals surface area contributed by atoms with Gasteiger partial charge in [-0.05, 0) is 17.2 Å². The van der Waals surface area contributed by atoms with Crippen molar-refractivity contribution in [3.8, 4) is 0 Å². The summed E-state index contributed by atoms with van der Waals surface area (Å²) in [6.45, 7) is 0. The van der Waals surface area contributed by atoms with Crippen molar-refractivity contribution < 1.29 is 9.59 Å². The molecular weight excluding hydrogens is 488 g/mol. The number of amides is 2.